The zero-order valence-corrected chi connectivity index (χ0v) is 18.4. The lowest BCUT2D eigenvalue weighted by molar-refractivity contribution is 0.103. The highest BCUT2D eigenvalue weighted by Gasteiger charge is 2.40. The maximum Gasteiger partial charge on any atom is 0.276 e. The number of ketones is 1. The number of benzene rings is 2. The number of nitrogens with two attached hydrogens (primary N) is 2. The van der Waals surface area contributed by atoms with Gasteiger partial charge in [-0.1, -0.05) is 38.1 Å². The lowest BCUT2D eigenvalue weighted by Gasteiger charge is -2.34. The number of rotatable bonds is 2. The molecule has 2 aromatic carbocycles. The molecule has 5 N–H and O–H groups in total. The second-order valence-corrected chi connectivity index (χ2v) is 10.7. The Balaban J connectivity index is 1.55. The van der Waals surface area contributed by atoms with E-state index in [0.29, 0.717) is 31.6 Å². The minimum Gasteiger partial charge on any atom is -0.399 e. The molecular weight excluding hydrogens is 412 g/mol. The molecule has 1 aliphatic heterocycles. The van der Waals surface area contributed by atoms with Crippen molar-refractivity contribution in [1.82, 2.24) is 9.29 Å². The monoisotopic (exact) mass is 438 g/mol. The fraction of sp³-hybridized carbons (Fsp3) is 0.348. The molecule has 1 saturated heterocycles. The molecule has 0 atom stereocenters. The number of nitrogens with zero attached hydrogens (tertiary/aromatic N) is 1. The van der Waals surface area contributed by atoms with Gasteiger partial charge in [0.15, 0.2) is 5.78 Å². The number of H-pyrrole nitrogens is 1. The van der Waals surface area contributed by atoms with Crippen LogP contribution < -0.4 is 10.9 Å². The van der Waals surface area contributed by atoms with Crippen molar-refractivity contribution in [2.75, 3.05) is 18.8 Å². The van der Waals surface area contributed by atoms with E-state index < -0.39 is 10.2 Å². The van der Waals surface area contributed by atoms with E-state index in [9.17, 15) is 13.2 Å². The maximum atomic E-state index is 13.5. The average molecular weight is 439 g/mol. The van der Waals surface area contributed by atoms with E-state index in [0.717, 1.165) is 38.9 Å². The van der Waals surface area contributed by atoms with Crippen LogP contribution in [0, 0.1) is 0 Å². The first kappa shape index (κ1) is 20.2. The summed E-state index contributed by atoms with van der Waals surface area (Å²) in [6.45, 7) is 5.08. The summed E-state index contributed by atoms with van der Waals surface area (Å²) in [7, 11) is -3.65. The number of piperidine rings is 1. The minimum atomic E-state index is -3.65. The van der Waals surface area contributed by atoms with Crippen LogP contribution in [0.25, 0.3) is 10.9 Å². The summed E-state index contributed by atoms with van der Waals surface area (Å²) in [4.78, 5) is 16.9. The fourth-order valence-corrected chi connectivity index (χ4v) is 5.88. The highest BCUT2D eigenvalue weighted by molar-refractivity contribution is 7.86. The number of carbonyl (C=O) groups is 1. The smallest absolute Gasteiger partial charge is 0.276 e. The molecule has 2 heterocycles. The molecule has 1 aliphatic carbocycles. The first-order valence-electron chi connectivity index (χ1n) is 10.5. The van der Waals surface area contributed by atoms with Gasteiger partial charge in [-0.15, -0.1) is 0 Å². The number of fused-ring (bicyclic) bond motifs is 4. The van der Waals surface area contributed by atoms with Crippen LogP contribution in [-0.2, 0) is 15.6 Å². The van der Waals surface area contributed by atoms with Crippen LogP contribution in [0.1, 0.15) is 65.3 Å². The molecule has 0 radical (unpaired) electrons. The molecule has 3 aromatic rings. The first-order valence-corrected chi connectivity index (χ1v) is 12.0. The van der Waals surface area contributed by atoms with Crippen LogP contribution in [0.5, 0.6) is 0 Å². The molecule has 0 spiro atoms. The Labute approximate surface area is 181 Å². The SMILES string of the molecule is CC1(C)c2cc(C3CCN(S(N)(=O)=O)CC3)ccc2C(=O)c2c1[nH]c1cc(N)ccc21. The molecule has 162 valence electrons. The van der Waals surface area contributed by atoms with E-state index in [4.69, 9.17) is 10.9 Å². The van der Waals surface area contributed by atoms with Gasteiger partial charge in [0.2, 0.25) is 0 Å². The van der Waals surface area contributed by atoms with Gasteiger partial charge in [-0.05, 0) is 42.0 Å². The van der Waals surface area contributed by atoms with Gasteiger partial charge in [0.05, 0.1) is 5.56 Å². The second-order valence-electron chi connectivity index (χ2n) is 9.16. The van der Waals surface area contributed by atoms with E-state index in [1.807, 2.05) is 30.3 Å². The Morgan fingerprint density at radius 2 is 1.81 bits per heavy atom. The third-order valence-corrected chi connectivity index (χ3v) is 8.01. The van der Waals surface area contributed by atoms with Gasteiger partial charge in [0.1, 0.15) is 0 Å². The number of carbonyl (C=O) groups excluding carboxylic acids is 1. The van der Waals surface area contributed by atoms with Crippen LogP contribution in [0.15, 0.2) is 36.4 Å². The van der Waals surface area contributed by atoms with Crippen molar-refractivity contribution in [1.29, 1.82) is 0 Å². The Morgan fingerprint density at radius 1 is 1.10 bits per heavy atom. The lowest BCUT2D eigenvalue weighted by atomic mass is 9.70. The highest BCUT2D eigenvalue weighted by atomic mass is 32.2. The second kappa shape index (κ2) is 6.66. The third kappa shape index (κ3) is 3.09. The van der Waals surface area contributed by atoms with Crippen molar-refractivity contribution < 1.29 is 13.2 Å². The van der Waals surface area contributed by atoms with Gasteiger partial charge in [-0.3, -0.25) is 4.79 Å². The van der Waals surface area contributed by atoms with Crippen molar-refractivity contribution in [2.45, 2.75) is 38.0 Å². The van der Waals surface area contributed by atoms with E-state index in [1.54, 1.807) is 0 Å². The van der Waals surface area contributed by atoms with Crippen molar-refractivity contribution >= 4 is 32.6 Å². The third-order valence-electron chi connectivity index (χ3n) is 6.92. The maximum absolute atomic E-state index is 13.5. The zero-order valence-electron chi connectivity index (χ0n) is 17.6. The van der Waals surface area contributed by atoms with Gasteiger partial charge in [-0.25, -0.2) is 5.14 Å². The summed E-state index contributed by atoms with van der Waals surface area (Å²) in [5, 5.41) is 6.17. The van der Waals surface area contributed by atoms with Crippen LogP contribution in [0.3, 0.4) is 0 Å². The van der Waals surface area contributed by atoms with Crippen LogP contribution in [0.2, 0.25) is 0 Å². The van der Waals surface area contributed by atoms with Crippen LogP contribution in [0.4, 0.5) is 5.69 Å². The molecule has 2 aliphatic rings. The Bertz CT molecular complexity index is 1330. The lowest BCUT2D eigenvalue weighted by Crippen LogP contribution is -2.41. The molecule has 8 heteroatoms. The number of aromatic amines is 1. The van der Waals surface area contributed by atoms with Crippen molar-refractivity contribution in [2.24, 2.45) is 5.14 Å². The van der Waals surface area contributed by atoms with Gasteiger partial charge >= 0.3 is 0 Å². The molecule has 31 heavy (non-hydrogen) atoms. The van der Waals surface area contributed by atoms with E-state index >= 15 is 0 Å². The molecule has 1 aromatic heterocycles. The normalized spacial score (nSPS) is 19.4. The molecule has 0 unspecified atom stereocenters. The molecule has 0 amide bonds. The van der Waals surface area contributed by atoms with Gasteiger partial charge in [-0.2, -0.15) is 12.7 Å². The molecular formula is C23H26N4O3S. The van der Waals surface area contributed by atoms with E-state index in [1.165, 1.54) is 4.31 Å². The molecule has 1 fully saturated rings. The predicted molar refractivity (Wildman–Crippen MR) is 121 cm³/mol. The summed E-state index contributed by atoms with van der Waals surface area (Å²) in [5.74, 6) is 0.258. The number of hydrogen-bond acceptors (Lipinski definition) is 4. The average Bonchev–Trinajstić information content (AvgIpc) is 3.11. The predicted octanol–water partition coefficient (Wildman–Crippen LogP) is 3.00. The quantitative estimate of drug-likeness (QED) is 0.532. The number of anilines is 1. The number of aromatic nitrogens is 1. The van der Waals surface area contributed by atoms with Crippen molar-refractivity contribution in [3.63, 3.8) is 0 Å². The van der Waals surface area contributed by atoms with E-state index in [2.05, 4.69) is 24.9 Å². The summed E-state index contributed by atoms with van der Waals surface area (Å²) in [6, 6.07) is 11.7. The number of nitrogens with one attached hydrogen (secondary N) is 1. The Kier molecular flexibility index (Phi) is 4.35. The summed E-state index contributed by atoms with van der Waals surface area (Å²) < 4.78 is 24.5. The topological polar surface area (TPSA) is 122 Å². The largest absolute Gasteiger partial charge is 0.399 e. The van der Waals surface area contributed by atoms with Crippen LogP contribution >= 0.6 is 0 Å². The molecule has 0 saturated carbocycles. The molecule has 0 bridgehead atoms. The van der Waals surface area contributed by atoms with Crippen molar-refractivity contribution in [3.05, 3.63) is 64.3 Å². The first-order chi connectivity index (χ1) is 14.6. The van der Waals surface area contributed by atoms with Crippen molar-refractivity contribution in [3.8, 4) is 0 Å². The fourth-order valence-electron chi connectivity index (χ4n) is 5.16. The molecule has 5 rings (SSSR count). The zero-order chi connectivity index (χ0) is 22.1. The number of nitrogen functional groups attached to an aromatic ring is 1. The van der Waals surface area contributed by atoms with E-state index in [-0.39, 0.29) is 17.1 Å². The number of hydrogen-bond donors (Lipinski definition) is 3. The summed E-state index contributed by atoms with van der Waals surface area (Å²) in [6.07, 6.45) is 1.42. The molecule has 7 nitrogen and oxygen atoms in total. The van der Waals surface area contributed by atoms with Crippen LogP contribution in [-0.4, -0.2) is 36.6 Å². The van der Waals surface area contributed by atoms with Gasteiger partial charge in [0, 0.05) is 46.4 Å². The summed E-state index contributed by atoms with van der Waals surface area (Å²) in [5.41, 5.74) is 11.6. The summed E-state index contributed by atoms with van der Waals surface area (Å²) >= 11 is 0. The van der Waals surface area contributed by atoms with Gasteiger partial charge in [0.25, 0.3) is 10.2 Å². The Hall–Kier alpha value is -2.68. The standard InChI is InChI=1S/C23H26N4O3S/c1-23(2)18-11-14(13-7-9-27(10-8-13)31(25,29)30)3-5-16(18)21(28)20-17-6-4-15(24)12-19(17)26-22(20)23/h3-6,11-13,26H,7-10,24H2,1-2H3,(H2,25,29,30). The Morgan fingerprint density at radius 3 is 2.48 bits per heavy atom. The minimum absolute atomic E-state index is 0.0240. The highest BCUT2D eigenvalue weighted by Crippen LogP contribution is 2.45. The van der Waals surface area contributed by atoms with Gasteiger partial charge < -0.3 is 10.7 Å².